The highest BCUT2D eigenvalue weighted by atomic mass is 19.1. The second-order valence-electron chi connectivity index (χ2n) is 9.42. The SMILES string of the molecule is Cc1c(CC(=O)c2ccn(C)n2)cc(F)cc1CN1CCN(C(=O)C2CCCC2)[C@@H](C)C1. The van der Waals surface area contributed by atoms with Crippen LogP contribution in [0.1, 0.15) is 59.8 Å². The third-order valence-electron chi connectivity index (χ3n) is 7.03. The lowest BCUT2D eigenvalue weighted by atomic mass is 9.96. The molecule has 2 fully saturated rings. The predicted molar refractivity (Wildman–Crippen MR) is 121 cm³/mol. The molecule has 2 heterocycles. The van der Waals surface area contributed by atoms with Gasteiger partial charge in [0.15, 0.2) is 5.78 Å². The first-order chi connectivity index (χ1) is 15.3. The van der Waals surface area contributed by atoms with E-state index in [2.05, 4.69) is 16.9 Å². The molecule has 2 aliphatic rings. The number of hydrogen-bond donors (Lipinski definition) is 0. The Morgan fingerprint density at radius 3 is 2.53 bits per heavy atom. The highest BCUT2D eigenvalue weighted by molar-refractivity contribution is 5.95. The Labute approximate surface area is 189 Å². The molecular weight excluding hydrogens is 407 g/mol. The van der Waals surface area contributed by atoms with Gasteiger partial charge in [0.05, 0.1) is 0 Å². The molecule has 1 aromatic heterocycles. The van der Waals surface area contributed by atoms with Crippen LogP contribution in [-0.2, 0) is 24.8 Å². The summed E-state index contributed by atoms with van der Waals surface area (Å²) in [5, 5.41) is 4.17. The molecule has 1 saturated heterocycles. The van der Waals surface area contributed by atoms with Gasteiger partial charge in [-0.1, -0.05) is 12.8 Å². The number of halogens is 1. The maximum atomic E-state index is 14.4. The minimum absolute atomic E-state index is 0.113. The number of nitrogens with zero attached hydrogens (tertiary/aromatic N) is 4. The fourth-order valence-electron chi connectivity index (χ4n) is 5.12. The van der Waals surface area contributed by atoms with Crippen LogP contribution in [0.3, 0.4) is 0 Å². The number of hydrogen-bond acceptors (Lipinski definition) is 4. The third kappa shape index (κ3) is 4.93. The molecule has 1 amide bonds. The summed E-state index contributed by atoms with van der Waals surface area (Å²) in [5.74, 6) is 0.0796. The van der Waals surface area contributed by atoms with Crippen molar-refractivity contribution in [1.82, 2.24) is 19.6 Å². The molecule has 0 spiro atoms. The Morgan fingerprint density at radius 1 is 1.16 bits per heavy atom. The van der Waals surface area contributed by atoms with Crippen molar-refractivity contribution in [2.75, 3.05) is 19.6 Å². The Bertz CT molecular complexity index is 996. The largest absolute Gasteiger partial charge is 0.337 e. The molecule has 0 radical (unpaired) electrons. The van der Waals surface area contributed by atoms with E-state index in [1.165, 1.54) is 6.07 Å². The zero-order valence-electron chi connectivity index (χ0n) is 19.3. The normalized spacial score (nSPS) is 20.1. The Hall–Kier alpha value is -2.54. The van der Waals surface area contributed by atoms with Gasteiger partial charge >= 0.3 is 0 Å². The van der Waals surface area contributed by atoms with Gasteiger partial charge in [-0.25, -0.2) is 4.39 Å². The summed E-state index contributed by atoms with van der Waals surface area (Å²) in [4.78, 5) is 29.8. The van der Waals surface area contributed by atoms with Crippen molar-refractivity contribution in [2.45, 2.75) is 58.5 Å². The fourth-order valence-corrected chi connectivity index (χ4v) is 5.12. The van der Waals surface area contributed by atoms with Gasteiger partial charge in [-0.3, -0.25) is 19.2 Å². The predicted octanol–water partition coefficient (Wildman–Crippen LogP) is 3.52. The first-order valence-corrected chi connectivity index (χ1v) is 11.7. The summed E-state index contributed by atoms with van der Waals surface area (Å²) in [6.07, 6.45) is 6.23. The Kier molecular flexibility index (Phi) is 6.74. The zero-order valence-corrected chi connectivity index (χ0v) is 19.3. The van der Waals surface area contributed by atoms with Gasteiger partial charge in [0.1, 0.15) is 11.5 Å². The second kappa shape index (κ2) is 9.53. The average Bonchev–Trinajstić information content (AvgIpc) is 3.43. The molecule has 2 aromatic rings. The lowest BCUT2D eigenvalue weighted by Crippen LogP contribution is -2.54. The average molecular weight is 441 g/mol. The van der Waals surface area contributed by atoms with E-state index in [1.807, 2.05) is 11.8 Å². The summed E-state index contributed by atoms with van der Waals surface area (Å²) in [6.45, 7) is 6.95. The first-order valence-electron chi connectivity index (χ1n) is 11.7. The number of aromatic nitrogens is 2. The van der Waals surface area contributed by atoms with E-state index in [0.29, 0.717) is 23.7 Å². The molecule has 0 N–H and O–H groups in total. The number of benzene rings is 1. The molecule has 1 aliphatic heterocycles. The molecule has 32 heavy (non-hydrogen) atoms. The Morgan fingerprint density at radius 2 is 1.88 bits per heavy atom. The van der Waals surface area contributed by atoms with Crippen LogP contribution in [0.15, 0.2) is 24.4 Å². The van der Waals surface area contributed by atoms with E-state index >= 15 is 0 Å². The van der Waals surface area contributed by atoms with E-state index in [0.717, 1.165) is 56.4 Å². The van der Waals surface area contributed by atoms with Crippen LogP contribution < -0.4 is 0 Å². The monoisotopic (exact) mass is 440 g/mol. The van der Waals surface area contributed by atoms with E-state index in [9.17, 15) is 14.0 Å². The highest BCUT2D eigenvalue weighted by Gasteiger charge is 2.33. The summed E-state index contributed by atoms with van der Waals surface area (Å²) in [5.41, 5.74) is 2.96. The van der Waals surface area contributed by atoms with Crippen molar-refractivity contribution in [3.05, 3.63) is 52.6 Å². The van der Waals surface area contributed by atoms with Gasteiger partial charge < -0.3 is 4.90 Å². The van der Waals surface area contributed by atoms with Crippen LogP contribution in [0.4, 0.5) is 4.39 Å². The molecular formula is C25H33FN4O2. The number of carbonyl (C=O) groups excluding carboxylic acids is 2. The second-order valence-corrected chi connectivity index (χ2v) is 9.42. The molecule has 1 atom stereocenters. The smallest absolute Gasteiger partial charge is 0.226 e. The summed E-state index contributed by atoms with van der Waals surface area (Å²) in [6, 6.07) is 4.87. The van der Waals surface area contributed by atoms with Crippen LogP contribution in [0.2, 0.25) is 0 Å². The Balaban J connectivity index is 1.42. The van der Waals surface area contributed by atoms with Gasteiger partial charge in [-0.05, 0) is 61.6 Å². The topological polar surface area (TPSA) is 58.4 Å². The number of rotatable bonds is 6. The lowest BCUT2D eigenvalue weighted by molar-refractivity contribution is -0.140. The van der Waals surface area contributed by atoms with Crippen molar-refractivity contribution < 1.29 is 14.0 Å². The fraction of sp³-hybridized carbons (Fsp3) is 0.560. The molecule has 7 heteroatoms. The number of Topliss-reactive ketones (excluding diaryl/α,β-unsaturated/α-hetero) is 1. The van der Waals surface area contributed by atoms with Crippen molar-refractivity contribution in [3.63, 3.8) is 0 Å². The standard InChI is InChI=1S/C25H33FN4O2/c1-17-15-29(10-11-30(17)25(32)19-6-4-5-7-19)16-21-13-22(26)12-20(18(21)2)14-24(31)23-8-9-28(3)27-23/h8-9,12-13,17,19H,4-7,10-11,14-16H2,1-3H3/t17-/m0/s1. The molecule has 1 saturated carbocycles. The molecule has 1 aromatic carbocycles. The van der Waals surface area contributed by atoms with Crippen molar-refractivity contribution in [3.8, 4) is 0 Å². The van der Waals surface area contributed by atoms with Crippen molar-refractivity contribution in [2.24, 2.45) is 13.0 Å². The van der Waals surface area contributed by atoms with Crippen molar-refractivity contribution in [1.29, 1.82) is 0 Å². The van der Waals surface area contributed by atoms with Gasteiger partial charge in [-0.15, -0.1) is 0 Å². The summed E-state index contributed by atoms with van der Waals surface area (Å²) >= 11 is 0. The van der Waals surface area contributed by atoms with E-state index in [4.69, 9.17) is 0 Å². The van der Waals surface area contributed by atoms with Gasteiger partial charge in [0.2, 0.25) is 5.91 Å². The van der Waals surface area contributed by atoms with Crippen LogP contribution in [-0.4, -0.2) is 56.9 Å². The maximum Gasteiger partial charge on any atom is 0.226 e. The lowest BCUT2D eigenvalue weighted by Gasteiger charge is -2.41. The molecule has 0 unspecified atom stereocenters. The minimum atomic E-state index is -0.322. The van der Waals surface area contributed by atoms with Crippen LogP contribution in [0.25, 0.3) is 0 Å². The summed E-state index contributed by atoms with van der Waals surface area (Å²) < 4.78 is 16.0. The van der Waals surface area contributed by atoms with Gasteiger partial charge in [0, 0.05) is 57.8 Å². The molecule has 172 valence electrons. The van der Waals surface area contributed by atoms with Crippen molar-refractivity contribution >= 4 is 11.7 Å². The molecule has 6 nitrogen and oxygen atoms in total. The number of carbonyl (C=O) groups is 2. The number of ketones is 1. The van der Waals surface area contributed by atoms with Gasteiger partial charge in [-0.2, -0.15) is 5.10 Å². The maximum absolute atomic E-state index is 14.4. The molecule has 0 bridgehead atoms. The van der Waals surface area contributed by atoms with Gasteiger partial charge in [0.25, 0.3) is 0 Å². The van der Waals surface area contributed by atoms with E-state index < -0.39 is 0 Å². The van der Waals surface area contributed by atoms with Crippen LogP contribution >= 0.6 is 0 Å². The zero-order chi connectivity index (χ0) is 22.8. The van der Waals surface area contributed by atoms with E-state index in [-0.39, 0.29) is 30.0 Å². The minimum Gasteiger partial charge on any atom is -0.337 e. The van der Waals surface area contributed by atoms with Crippen LogP contribution in [0.5, 0.6) is 0 Å². The quantitative estimate of drug-likeness (QED) is 0.645. The summed E-state index contributed by atoms with van der Waals surface area (Å²) in [7, 11) is 1.77. The first kappa shape index (κ1) is 22.6. The number of aryl methyl sites for hydroxylation is 1. The molecule has 4 rings (SSSR count). The van der Waals surface area contributed by atoms with Crippen LogP contribution in [0, 0.1) is 18.7 Å². The third-order valence-corrected chi connectivity index (χ3v) is 7.03. The van der Waals surface area contributed by atoms with E-state index in [1.54, 1.807) is 30.1 Å². The molecule has 1 aliphatic carbocycles. The highest BCUT2D eigenvalue weighted by Crippen LogP contribution is 2.28. The number of piperazine rings is 1. The number of amides is 1.